The van der Waals surface area contributed by atoms with Crippen molar-refractivity contribution in [2.45, 2.75) is 57.0 Å². The van der Waals surface area contributed by atoms with Crippen molar-refractivity contribution in [1.29, 1.82) is 0 Å². The molecule has 1 aromatic carbocycles. The van der Waals surface area contributed by atoms with Crippen molar-refractivity contribution in [3.05, 3.63) is 35.9 Å². The monoisotopic (exact) mass is 313 g/mol. The molecule has 4 aliphatic rings. The Hall–Kier alpha value is -1.35. The zero-order valence-electron chi connectivity index (χ0n) is 13.8. The van der Waals surface area contributed by atoms with Crippen LogP contribution in [0.4, 0.5) is 0 Å². The van der Waals surface area contributed by atoms with E-state index in [1.165, 1.54) is 12.0 Å². The summed E-state index contributed by atoms with van der Waals surface area (Å²) >= 11 is 0. The number of aryl methyl sites for hydroxylation is 1. The number of rotatable bonds is 5. The molecule has 4 aliphatic carbocycles. The normalized spacial score (nSPS) is 37.8. The largest absolute Gasteiger partial charge is 0.390 e. The van der Waals surface area contributed by atoms with Crippen LogP contribution in [0.3, 0.4) is 0 Å². The zero-order chi connectivity index (χ0) is 15.9. The Labute approximate surface area is 138 Å². The Morgan fingerprint density at radius 3 is 2.48 bits per heavy atom. The molecule has 0 saturated heterocycles. The maximum atomic E-state index is 12.8. The van der Waals surface area contributed by atoms with E-state index in [1.807, 2.05) is 6.07 Å². The van der Waals surface area contributed by atoms with Crippen LogP contribution in [-0.2, 0) is 11.2 Å². The Morgan fingerprint density at radius 1 is 1.13 bits per heavy atom. The van der Waals surface area contributed by atoms with Crippen molar-refractivity contribution in [2.75, 3.05) is 6.54 Å². The summed E-state index contributed by atoms with van der Waals surface area (Å²) in [6, 6.07) is 10.4. The van der Waals surface area contributed by atoms with E-state index in [2.05, 4.69) is 29.6 Å². The van der Waals surface area contributed by atoms with Gasteiger partial charge in [-0.15, -0.1) is 0 Å². The lowest BCUT2D eigenvalue weighted by molar-refractivity contribution is -0.178. The van der Waals surface area contributed by atoms with Gasteiger partial charge in [-0.25, -0.2) is 0 Å². The van der Waals surface area contributed by atoms with Gasteiger partial charge in [0.05, 0.1) is 11.0 Å². The first-order valence-corrected chi connectivity index (χ1v) is 9.12. The molecule has 5 rings (SSSR count). The molecule has 124 valence electrons. The standard InChI is InChI=1S/C20H27NO2/c22-18(21-8-4-7-15-5-2-1-3-6-15)19-10-16-9-17(11-19)13-20(23,12-16)14-19/h1-3,5-6,16-17,23H,4,7-14H2,(H,21,22). The molecular formula is C20H27NO2. The van der Waals surface area contributed by atoms with E-state index in [0.29, 0.717) is 18.3 Å². The molecule has 2 N–H and O–H groups in total. The third-order valence-corrected chi connectivity index (χ3v) is 6.28. The molecule has 4 bridgehead atoms. The predicted molar refractivity (Wildman–Crippen MR) is 89.8 cm³/mol. The molecule has 0 heterocycles. The second-order valence-electron chi connectivity index (χ2n) is 8.31. The van der Waals surface area contributed by atoms with Crippen LogP contribution in [0, 0.1) is 17.3 Å². The smallest absolute Gasteiger partial charge is 0.226 e. The van der Waals surface area contributed by atoms with E-state index in [0.717, 1.165) is 45.1 Å². The minimum atomic E-state index is -0.550. The van der Waals surface area contributed by atoms with Gasteiger partial charge in [-0.05, 0) is 68.8 Å². The fourth-order valence-electron chi connectivity index (χ4n) is 5.81. The maximum Gasteiger partial charge on any atom is 0.226 e. The lowest BCUT2D eigenvalue weighted by atomic mass is 9.47. The van der Waals surface area contributed by atoms with Crippen LogP contribution in [0.2, 0.25) is 0 Å². The average Bonchev–Trinajstić information content (AvgIpc) is 2.50. The fourth-order valence-corrected chi connectivity index (χ4v) is 5.81. The predicted octanol–water partition coefficient (Wildman–Crippen LogP) is 3.07. The first kappa shape index (κ1) is 15.2. The number of carbonyl (C=O) groups is 1. The molecule has 3 heteroatoms. The van der Waals surface area contributed by atoms with E-state index >= 15 is 0 Å². The molecular weight excluding hydrogens is 286 g/mol. The van der Waals surface area contributed by atoms with E-state index in [-0.39, 0.29) is 11.3 Å². The zero-order valence-corrected chi connectivity index (χ0v) is 13.8. The summed E-state index contributed by atoms with van der Waals surface area (Å²) in [5.41, 5.74) is 0.502. The lowest BCUT2D eigenvalue weighted by Crippen LogP contribution is -2.60. The van der Waals surface area contributed by atoms with Crippen molar-refractivity contribution in [3.63, 3.8) is 0 Å². The van der Waals surface area contributed by atoms with Crippen LogP contribution >= 0.6 is 0 Å². The third kappa shape index (κ3) is 2.91. The van der Waals surface area contributed by atoms with Crippen LogP contribution in [0.25, 0.3) is 0 Å². The molecule has 0 aromatic heterocycles. The minimum absolute atomic E-state index is 0.207. The van der Waals surface area contributed by atoms with Crippen LogP contribution in [-0.4, -0.2) is 23.2 Å². The van der Waals surface area contributed by atoms with Crippen molar-refractivity contribution in [2.24, 2.45) is 17.3 Å². The summed E-state index contributed by atoms with van der Waals surface area (Å²) in [6.45, 7) is 0.739. The Morgan fingerprint density at radius 2 is 1.83 bits per heavy atom. The van der Waals surface area contributed by atoms with Gasteiger partial charge in [0.1, 0.15) is 0 Å². The molecule has 2 unspecified atom stereocenters. The summed E-state index contributed by atoms with van der Waals surface area (Å²) in [5, 5.41) is 13.9. The number of benzene rings is 1. The minimum Gasteiger partial charge on any atom is -0.390 e. The first-order chi connectivity index (χ1) is 11.1. The van der Waals surface area contributed by atoms with Gasteiger partial charge in [-0.3, -0.25) is 4.79 Å². The molecule has 4 saturated carbocycles. The highest BCUT2D eigenvalue weighted by molar-refractivity contribution is 5.83. The van der Waals surface area contributed by atoms with Gasteiger partial charge >= 0.3 is 0 Å². The Bertz CT molecular complexity index is 569. The van der Waals surface area contributed by atoms with Crippen LogP contribution in [0.5, 0.6) is 0 Å². The first-order valence-electron chi connectivity index (χ1n) is 9.12. The second-order valence-corrected chi connectivity index (χ2v) is 8.31. The number of aliphatic hydroxyl groups is 1. The van der Waals surface area contributed by atoms with Crippen molar-refractivity contribution < 1.29 is 9.90 Å². The highest BCUT2D eigenvalue weighted by Crippen LogP contribution is 2.61. The van der Waals surface area contributed by atoms with Crippen molar-refractivity contribution >= 4 is 5.91 Å². The highest BCUT2D eigenvalue weighted by Gasteiger charge is 2.59. The van der Waals surface area contributed by atoms with Gasteiger partial charge in [0, 0.05) is 6.54 Å². The SMILES string of the molecule is O=C(NCCCc1ccccc1)C12CC3CC(CC(O)(C3)C1)C2. The summed E-state index contributed by atoms with van der Waals surface area (Å²) in [6.07, 6.45) is 7.74. The number of amides is 1. The van der Waals surface area contributed by atoms with Gasteiger partial charge in [-0.2, -0.15) is 0 Å². The van der Waals surface area contributed by atoms with Gasteiger partial charge in [0.2, 0.25) is 5.91 Å². The Kier molecular flexibility index (Phi) is 3.72. The van der Waals surface area contributed by atoms with E-state index in [9.17, 15) is 9.90 Å². The van der Waals surface area contributed by atoms with Gasteiger partial charge in [0.15, 0.2) is 0 Å². The quantitative estimate of drug-likeness (QED) is 0.821. The summed E-state index contributed by atoms with van der Waals surface area (Å²) in [5.74, 6) is 1.34. The highest BCUT2D eigenvalue weighted by atomic mass is 16.3. The van der Waals surface area contributed by atoms with Gasteiger partial charge in [0.25, 0.3) is 0 Å². The average molecular weight is 313 g/mol. The molecule has 0 radical (unpaired) electrons. The van der Waals surface area contributed by atoms with Gasteiger partial charge in [-0.1, -0.05) is 30.3 Å². The molecule has 0 aliphatic heterocycles. The number of carbonyl (C=O) groups excluding carboxylic acids is 1. The van der Waals surface area contributed by atoms with E-state index < -0.39 is 5.60 Å². The summed E-state index contributed by atoms with van der Waals surface area (Å²) < 4.78 is 0. The molecule has 0 spiro atoms. The van der Waals surface area contributed by atoms with Crippen LogP contribution < -0.4 is 5.32 Å². The van der Waals surface area contributed by atoms with E-state index in [1.54, 1.807) is 0 Å². The Balaban J connectivity index is 1.32. The number of nitrogens with one attached hydrogen (secondary N) is 1. The lowest BCUT2D eigenvalue weighted by Gasteiger charge is -2.59. The second kappa shape index (κ2) is 5.62. The van der Waals surface area contributed by atoms with Gasteiger partial charge < -0.3 is 10.4 Å². The third-order valence-electron chi connectivity index (χ3n) is 6.28. The molecule has 1 aromatic rings. The molecule has 2 atom stereocenters. The fraction of sp³-hybridized carbons (Fsp3) is 0.650. The summed E-state index contributed by atoms with van der Waals surface area (Å²) in [7, 11) is 0. The van der Waals surface area contributed by atoms with Crippen molar-refractivity contribution in [3.8, 4) is 0 Å². The maximum absolute atomic E-state index is 12.8. The number of hydrogen-bond acceptors (Lipinski definition) is 2. The molecule has 1 amide bonds. The van der Waals surface area contributed by atoms with Crippen LogP contribution in [0.15, 0.2) is 30.3 Å². The molecule has 23 heavy (non-hydrogen) atoms. The molecule has 3 nitrogen and oxygen atoms in total. The summed E-state index contributed by atoms with van der Waals surface area (Å²) in [4.78, 5) is 12.8. The molecule has 4 fully saturated rings. The number of hydrogen-bond donors (Lipinski definition) is 2. The van der Waals surface area contributed by atoms with Crippen molar-refractivity contribution in [1.82, 2.24) is 5.32 Å². The van der Waals surface area contributed by atoms with E-state index in [4.69, 9.17) is 0 Å². The van der Waals surface area contributed by atoms with Crippen LogP contribution in [0.1, 0.15) is 50.5 Å². The topological polar surface area (TPSA) is 49.3 Å².